The molecule has 0 spiro atoms. The molecule has 0 saturated heterocycles. The van der Waals surface area contributed by atoms with E-state index >= 15 is 0 Å². The molecule has 1 unspecified atom stereocenters. The third kappa shape index (κ3) is 3.55. The van der Waals surface area contributed by atoms with Crippen LogP contribution >= 0.6 is 11.3 Å². The molecule has 1 aromatic carbocycles. The maximum atomic E-state index is 11.9. The van der Waals surface area contributed by atoms with Gasteiger partial charge >= 0.3 is 5.97 Å². The van der Waals surface area contributed by atoms with E-state index in [-0.39, 0.29) is 6.04 Å². The van der Waals surface area contributed by atoms with Gasteiger partial charge in [0.1, 0.15) is 0 Å². The first kappa shape index (κ1) is 15.4. The van der Waals surface area contributed by atoms with Crippen molar-refractivity contribution >= 4 is 28.7 Å². The molecule has 0 aliphatic carbocycles. The number of methoxy groups -OCH3 is 1. The third-order valence-corrected chi connectivity index (χ3v) is 4.23. The summed E-state index contributed by atoms with van der Waals surface area (Å²) < 4.78 is 4.83. The number of anilines is 2. The number of esters is 1. The lowest BCUT2D eigenvalue weighted by Gasteiger charge is -2.24. The van der Waals surface area contributed by atoms with Gasteiger partial charge in [-0.3, -0.25) is 0 Å². The fraction of sp³-hybridized carbons (Fsp3) is 0.312. The Labute approximate surface area is 128 Å². The highest BCUT2D eigenvalue weighted by Crippen LogP contribution is 2.31. The number of thiophene rings is 1. The van der Waals surface area contributed by atoms with E-state index in [0.29, 0.717) is 17.2 Å². The van der Waals surface area contributed by atoms with Gasteiger partial charge in [-0.15, -0.1) is 11.3 Å². The Kier molecular flexibility index (Phi) is 4.85. The van der Waals surface area contributed by atoms with E-state index < -0.39 is 5.97 Å². The van der Waals surface area contributed by atoms with Crippen molar-refractivity contribution in [3.8, 4) is 0 Å². The molecule has 0 radical (unpaired) electrons. The highest BCUT2D eigenvalue weighted by atomic mass is 32.1. The quantitative estimate of drug-likeness (QED) is 0.649. The van der Waals surface area contributed by atoms with Crippen LogP contribution in [0.1, 0.15) is 35.1 Å². The molecule has 5 heteroatoms. The highest BCUT2D eigenvalue weighted by Gasteiger charge is 2.20. The number of hydrogen-bond acceptors (Lipinski definition) is 5. The Morgan fingerprint density at radius 1 is 1.33 bits per heavy atom. The SMILES string of the molecule is COC(=O)c1cc(N)ccc1NC(c1cccs1)C(C)C. The number of hydrogen-bond donors (Lipinski definition) is 2. The minimum Gasteiger partial charge on any atom is -0.465 e. The summed E-state index contributed by atoms with van der Waals surface area (Å²) in [4.78, 5) is 13.1. The van der Waals surface area contributed by atoms with Gasteiger partial charge in [-0.2, -0.15) is 0 Å². The number of nitrogens with one attached hydrogen (secondary N) is 1. The van der Waals surface area contributed by atoms with Gasteiger partial charge in [0.15, 0.2) is 0 Å². The second-order valence-corrected chi connectivity index (χ2v) is 6.16. The summed E-state index contributed by atoms with van der Waals surface area (Å²) in [6.07, 6.45) is 0. The van der Waals surface area contributed by atoms with Gasteiger partial charge < -0.3 is 15.8 Å². The lowest BCUT2D eigenvalue weighted by molar-refractivity contribution is 0.0602. The van der Waals surface area contributed by atoms with Gasteiger partial charge in [0.2, 0.25) is 0 Å². The molecule has 21 heavy (non-hydrogen) atoms. The average Bonchev–Trinajstić information content (AvgIpc) is 2.98. The van der Waals surface area contributed by atoms with Gasteiger partial charge in [0.25, 0.3) is 0 Å². The normalized spacial score (nSPS) is 12.2. The van der Waals surface area contributed by atoms with Crippen LogP contribution in [0.4, 0.5) is 11.4 Å². The zero-order chi connectivity index (χ0) is 15.4. The van der Waals surface area contributed by atoms with Crippen molar-refractivity contribution in [1.82, 2.24) is 0 Å². The largest absolute Gasteiger partial charge is 0.465 e. The van der Waals surface area contributed by atoms with E-state index in [1.165, 1.54) is 12.0 Å². The second kappa shape index (κ2) is 6.63. The van der Waals surface area contributed by atoms with Crippen LogP contribution in [0.15, 0.2) is 35.7 Å². The minimum absolute atomic E-state index is 0.136. The monoisotopic (exact) mass is 304 g/mol. The zero-order valence-electron chi connectivity index (χ0n) is 12.4. The number of ether oxygens (including phenoxy) is 1. The van der Waals surface area contributed by atoms with E-state index in [9.17, 15) is 4.79 Å². The minimum atomic E-state index is -0.390. The molecule has 4 nitrogen and oxygen atoms in total. The van der Waals surface area contributed by atoms with Crippen molar-refractivity contribution in [3.05, 3.63) is 46.2 Å². The van der Waals surface area contributed by atoms with Crippen LogP contribution in [-0.2, 0) is 4.74 Å². The topological polar surface area (TPSA) is 64.3 Å². The lowest BCUT2D eigenvalue weighted by atomic mass is 10.0. The molecule has 0 aliphatic heterocycles. The van der Waals surface area contributed by atoms with Crippen molar-refractivity contribution in [2.45, 2.75) is 19.9 Å². The van der Waals surface area contributed by atoms with E-state index in [4.69, 9.17) is 10.5 Å². The third-order valence-electron chi connectivity index (χ3n) is 3.28. The van der Waals surface area contributed by atoms with Gasteiger partial charge in [0.05, 0.1) is 18.7 Å². The number of nitrogens with two attached hydrogens (primary N) is 1. The number of nitrogen functional groups attached to an aromatic ring is 1. The molecule has 1 aromatic heterocycles. The molecule has 0 aliphatic rings. The Hall–Kier alpha value is -2.01. The van der Waals surface area contributed by atoms with Crippen LogP contribution in [0.3, 0.4) is 0 Å². The maximum absolute atomic E-state index is 11.9. The number of carbonyl (C=O) groups is 1. The van der Waals surface area contributed by atoms with Gasteiger partial charge in [-0.05, 0) is 35.6 Å². The van der Waals surface area contributed by atoms with Crippen LogP contribution in [0.25, 0.3) is 0 Å². The molecule has 3 N–H and O–H groups in total. The fourth-order valence-electron chi connectivity index (χ4n) is 2.17. The smallest absolute Gasteiger partial charge is 0.340 e. The maximum Gasteiger partial charge on any atom is 0.340 e. The lowest BCUT2D eigenvalue weighted by Crippen LogP contribution is -2.18. The highest BCUT2D eigenvalue weighted by molar-refractivity contribution is 7.10. The van der Waals surface area contributed by atoms with E-state index in [0.717, 1.165) is 5.69 Å². The summed E-state index contributed by atoms with van der Waals surface area (Å²) in [7, 11) is 1.37. The van der Waals surface area contributed by atoms with E-state index in [1.807, 2.05) is 12.1 Å². The number of benzene rings is 1. The Balaban J connectivity index is 2.35. The van der Waals surface area contributed by atoms with Crippen LogP contribution < -0.4 is 11.1 Å². The number of rotatable bonds is 5. The molecule has 0 bridgehead atoms. The summed E-state index contributed by atoms with van der Waals surface area (Å²) in [6, 6.07) is 9.50. The van der Waals surface area contributed by atoms with Crippen LogP contribution in [0.2, 0.25) is 0 Å². The number of carbonyl (C=O) groups excluding carboxylic acids is 1. The molecule has 0 fully saturated rings. The molecule has 1 atom stereocenters. The van der Waals surface area contributed by atoms with E-state index in [1.54, 1.807) is 23.5 Å². The van der Waals surface area contributed by atoms with E-state index in [2.05, 4.69) is 30.6 Å². The van der Waals surface area contributed by atoms with Crippen molar-refractivity contribution in [2.75, 3.05) is 18.2 Å². The van der Waals surface area contributed by atoms with Crippen LogP contribution in [-0.4, -0.2) is 13.1 Å². The molecule has 0 saturated carbocycles. The van der Waals surface area contributed by atoms with Crippen LogP contribution in [0, 0.1) is 5.92 Å². The first-order valence-corrected chi connectivity index (χ1v) is 7.68. The fourth-order valence-corrected chi connectivity index (χ4v) is 3.12. The predicted octanol–water partition coefficient (Wildman–Crippen LogP) is 3.93. The molecule has 2 aromatic rings. The summed E-state index contributed by atoms with van der Waals surface area (Å²) in [6.45, 7) is 4.29. The van der Waals surface area contributed by atoms with Crippen molar-refractivity contribution < 1.29 is 9.53 Å². The molecule has 2 rings (SSSR count). The van der Waals surface area contributed by atoms with Gasteiger partial charge in [0, 0.05) is 16.3 Å². The Morgan fingerprint density at radius 3 is 2.67 bits per heavy atom. The Bertz CT molecular complexity index is 609. The van der Waals surface area contributed by atoms with Crippen LogP contribution in [0.5, 0.6) is 0 Å². The molecule has 112 valence electrons. The summed E-state index contributed by atoms with van der Waals surface area (Å²) >= 11 is 1.70. The summed E-state index contributed by atoms with van der Waals surface area (Å²) in [5, 5.41) is 5.50. The first-order chi connectivity index (χ1) is 10.0. The first-order valence-electron chi connectivity index (χ1n) is 6.80. The standard InChI is InChI=1S/C16H20N2O2S/c1-10(2)15(14-5-4-8-21-14)18-13-7-6-11(17)9-12(13)16(19)20-3/h4-10,15,18H,17H2,1-3H3. The summed E-state index contributed by atoms with van der Waals surface area (Å²) in [5.74, 6) is -0.00909. The molecular weight excluding hydrogens is 284 g/mol. The second-order valence-electron chi connectivity index (χ2n) is 5.18. The molecular formula is C16H20N2O2S. The zero-order valence-corrected chi connectivity index (χ0v) is 13.2. The van der Waals surface area contributed by atoms with Crippen molar-refractivity contribution in [1.29, 1.82) is 0 Å². The Morgan fingerprint density at radius 2 is 2.10 bits per heavy atom. The van der Waals surface area contributed by atoms with Crippen molar-refractivity contribution in [2.24, 2.45) is 5.92 Å². The van der Waals surface area contributed by atoms with Crippen molar-refractivity contribution in [3.63, 3.8) is 0 Å². The van der Waals surface area contributed by atoms with Gasteiger partial charge in [-0.1, -0.05) is 19.9 Å². The molecule has 0 amide bonds. The molecule has 1 heterocycles. The van der Waals surface area contributed by atoms with Gasteiger partial charge in [-0.25, -0.2) is 4.79 Å². The summed E-state index contributed by atoms with van der Waals surface area (Å²) in [5.41, 5.74) is 7.51. The predicted molar refractivity (Wildman–Crippen MR) is 87.7 cm³/mol. The average molecular weight is 304 g/mol.